The van der Waals surface area contributed by atoms with Gasteiger partial charge in [0, 0.05) is 47.4 Å². The predicted octanol–water partition coefficient (Wildman–Crippen LogP) is 3.69. The summed E-state index contributed by atoms with van der Waals surface area (Å²) in [5.74, 6) is -0.315. The number of aliphatic hydroxyl groups excluding tert-OH is 1. The van der Waals surface area contributed by atoms with Gasteiger partial charge in [-0.05, 0) is 72.3 Å². The summed E-state index contributed by atoms with van der Waals surface area (Å²) in [4.78, 5) is 15.1. The number of fused-ring (bicyclic) bond motifs is 1. The molecule has 1 N–H and O–H groups in total. The zero-order valence-electron chi connectivity index (χ0n) is 20.6. The van der Waals surface area contributed by atoms with Gasteiger partial charge in [0.2, 0.25) is 15.7 Å². The number of aromatic nitrogens is 1. The number of amides is 1. The standard InChI is InChI=1S/C28H26ClN3O5S/c1-19-27(18-33)30(28(34)21-7-5-20(6-8-21)26-4-2-3-13-31(26)35)14-15-32(19)38(36,37)25-12-10-22-16-24(29)11-9-23(22)17-25/h2-13,16-17,19,27,33H,14-15,18H2,1H3. The van der Waals surface area contributed by atoms with Crippen molar-refractivity contribution in [3.05, 3.63) is 101 Å². The number of aliphatic hydroxyl groups is 1. The normalized spacial score (nSPS) is 18.6. The summed E-state index contributed by atoms with van der Waals surface area (Å²) in [6.45, 7) is 1.51. The quantitative estimate of drug-likeness (QED) is 0.301. The summed E-state index contributed by atoms with van der Waals surface area (Å²) in [7, 11) is -3.89. The van der Waals surface area contributed by atoms with Gasteiger partial charge in [-0.15, -0.1) is 0 Å². The van der Waals surface area contributed by atoms with Crippen molar-refractivity contribution in [2.75, 3.05) is 19.7 Å². The van der Waals surface area contributed by atoms with Crippen LogP contribution >= 0.6 is 11.6 Å². The van der Waals surface area contributed by atoms with E-state index < -0.39 is 28.7 Å². The van der Waals surface area contributed by atoms with Crippen molar-refractivity contribution in [3.63, 3.8) is 0 Å². The molecular formula is C28H26ClN3O5S. The van der Waals surface area contributed by atoms with Crippen LogP contribution in [0.5, 0.6) is 0 Å². The van der Waals surface area contributed by atoms with Gasteiger partial charge in [-0.2, -0.15) is 9.04 Å². The summed E-state index contributed by atoms with van der Waals surface area (Å²) in [6, 6.07) is 20.5. The van der Waals surface area contributed by atoms with E-state index in [0.717, 1.165) is 15.5 Å². The molecule has 1 aliphatic heterocycles. The second-order valence-corrected chi connectivity index (χ2v) is 11.6. The Hall–Kier alpha value is -3.50. The van der Waals surface area contributed by atoms with Gasteiger partial charge < -0.3 is 15.2 Å². The average Bonchev–Trinajstić information content (AvgIpc) is 2.92. The first kappa shape index (κ1) is 26.1. The molecule has 196 valence electrons. The third kappa shape index (κ3) is 4.74. The van der Waals surface area contributed by atoms with Crippen molar-refractivity contribution in [3.8, 4) is 11.3 Å². The van der Waals surface area contributed by atoms with Gasteiger partial charge in [0.05, 0.1) is 17.5 Å². The molecule has 1 amide bonds. The second-order valence-electron chi connectivity index (χ2n) is 9.25. The van der Waals surface area contributed by atoms with Gasteiger partial charge in [-0.3, -0.25) is 4.79 Å². The molecule has 0 radical (unpaired) electrons. The van der Waals surface area contributed by atoms with Gasteiger partial charge in [0.1, 0.15) is 0 Å². The summed E-state index contributed by atoms with van der Waals surface area (Å²) < 4.78 is 29.3. The van der Waals surface area contributed by atoms with Gasteiger partial charge in [0.25, 0.3) is 5.91 Å². The zero-order chi connectivity index (χ0) is 27.0. The molecule has 1 aromatic heterocycles. The fourth-order valence-corrected chi connectivity index (χ4v) is 6.83. The van der Waals surface area contributed by atoms with Gasteiger partial charge >= 0.3 is 0 Å². The Labute approximate surface area is 225 Å². The van der Waals surface area contributed by atoms with Gasteiger partial charge in [-0.1, -0.05) is 23.7 Å². The summed E-state index contributed by atoms with van der Waals surface area (Å²) >= 11 is 6.05. The Morgan fingerprint density at radius 1 is 1.03 bits per heavy atom. The van der Waals surface area contributed by atoms with Crippen LogP contribution in [0.4, 0.5) is 0 Å². The van der Waals surface area contributed by atoms with Crippen molar-refractivity contribution in [1.82, 2.24) is 9.21 Å². The number of benzene rings is 3. The predicted molar refractivity (Wildman–Crippen MR) is 145 cm³/mol. The topological polar surface area (TPSA) is 105 Å². The maximum Gasteiger partial charge on any atom is 0.254 e. The molecule has 0 saturated carbocycles. The van der Waals surface area contributed by atoms with E-state index in [1.807, 2.05) is 0 Å². The van der Waals surface area contributed by atoms with Crippen LogP contribution in [0.1, 0.15) is 17.3 Å². The summed E-state index contributed by atoms with van der Waals surface area (Å²) in [6.07, 6.45) is 1.41. The largest absolute Gasteiger partial charge is 0.618 e. The minimum Gasteiger partial charge on any atom is -0.618 e. The molecule has 2 unspecified atom stereocenters. The first-order valence-corrected chi connectivity index (χ1v) is 13.9. The van der Waals surface area contributed by atoms with E-state index in [0.29, 0.717) is 21.8 Å². The van der Waals surface area contributed by atoms with Crippen LogP contribution in [-0.4, -0.2) is 60.4 Å². The number of hydrogen-bond acceptors (Lipinski definition) is 5. The number of piperazine rings is 1. The number of carbonyl (C=O) groups excluding carboxylic acids is 1. The Morgan fingerprint density at radius 2 is 1.74 bits per heavy atom. The van der Waals surface area contributed by atoms with Crippen molar-refractivity contribution in [2.24, 2.45) is 0 Å². The van der Waals surface area contributed by atoms with E-state index >= 15 is 0 Å². The first-order valence-electron chi connectivity index (χ1n) is 12.1. The lowest BCUT2D eigenvalue weighted by Crippen LogP contribution is -2.62. The number of hydrogen-bond donors (Lipinski definition) is 1. The summed E-state index contributed by atoms with van der Waals surface area (Å²) in [5.41, 5.74) is 1.51. The molecule has 1 aliphatic rings. The molecule has 1 saturated heterocycles. The number of sulfonamides is 1. The molecule has 5 rings (SSSR count). The number of nitrogens with zero attached hydrogens (tertiary/aromatic N) is 3. The third-order valence-electron chi connectivity index (χ3n) is 7.05. The molecule has 2 heterocycles. The SMILES string of the molecule is CC1C(CO)N(C(=O)c2ccc(-c3cccc[n+]3[O-])cc2)CCN1S(=O)(=O)c1ccc2cc(Cl)ccc2c1. The van der Waals surface area contributed by atoms with Crippen LogP contribution in [0, 0.1) is 5.21 Å². The fraction of sp³-hybridized carbons (Fsp3) is 0.214. The maximum atomic E-state index is 13.6. The first-order chi connectivity index (χ1) is 18.2. The molecule has 8 nitrogen and oxygen atoms in total. The van der Waals surface area contributed by atoms with E-state index in [-0.39, 0.29) is 23.9 Å². The molecule has 0 spiro atoms. The lowest BCUT2D eigenvalue weighted by Gasteiger charge is -2.44. The van der Waals surface area contributed by atoms with Crippen LogP contribution in [0.2, 0.25) is 5.02 Å². The molecule has 0 aliphatic carbocycles. The van der Waals surface area contributed by atoms with E-state index in [4.69, 9.17) is 11.6 Å². The molecule has 38 heavy (non-hydrogen) atoms. The zero-order valence-corrected chi connectivity index (χ0v) is 22.1. The monoisotopic (exact) mass is 551 g/mol. The van der Waals surface area contributed by atoms with Gasteiger partial charge in [0.15, 0.2) is 6.20 Å². The van der Waals surface area contributed by atoms with Crippen molar-refractivity contribution >= 4 is 38.3 Å². The van der Waals surface area contributed by atoms with E-state index in [9.17, 15) is 23.5 Å². The number of halogens is 1. The van der Waals surface area contributed by atoms with Crippen molar-refractivity contribution < 1.29 is 23.0 Å². The maximum absolute atomic E-state index is 13.6. The fourth-order valence-electron chi connectivity index (χ4n) is 4.96. The number of carbonyl (C=O) groups is 1. The van der Waals surface area contributed by atoms with E-state index in [1.165, 1.54) is 15.4 Å². The molecule has 1 fully saturated rings. The Balaban J connectivity index is 1.37. The van der Waals surface area contributed by atoms with Crippen LogP contribution in [0.15, 0.2) is 90.0 Å². The highest BCUT2D eigenvalue weighted by Gasteiger charge is 2.41. The highest BCUT2D eigenvalue weighted by molar-refractivity contribution is 7.89. The van der Waals surface area contributed by atoms with Crippen molar-refractivity contribution in [2.45, 2.75) is 23.9 Å². The molecule has 4 aromatic rings. The lowest BCUT2D eigenvalue weighted by molar-refractivity contribution is -0.593. The minimum absolute atomic E-state index is 0.0860. The van der Waals surface area contributed by atoms with E-state index in [1.54, 1.807) is 85.8 Å². The third-order valence-corrected chi connectivity index (χ3v) is 9.27. The van der Waals surface area contributed by atoms with E-state index in [2.05, 4.69) is 0 Å². The summed E-state index contributed by atoms with van der Waals surface area (Å²) in [5, 5.41) is 24.4. The van der Waals surface area contributed by atoms with Crippen LogP contribution in [0.3, 0.4) is 0 Å². The second kappa shape index (κ2) is 10.3. The number of pyridine rings is 1. The molecule has 10 heteroatoms. The smallest absolute Gasteiger partial charge is 0.254 e. The van der Waals surface area contributed by atoms with Crippen LogP contribution in [-0.2, 0) is 10.0 Å². The molecule has 0 bridgehead atoms. The average molecular weight is 552 g/mol. The van der Waals surface area contributed by atoms with Crippen LogP contribution in [0.25, 0.3) is 22.0 Å². The van der Waals surface area contributed by atoms with Crippen LogP contribution < -0.4 is 4.73 Å². The van der Waals surface area contributed by atoms with Crippen molar-refractivity contribution in [1.29, 1.82) is 0 Å². The highest BCUT2D eigenvalue weighted by atomic mass is 35.5. The number of rotatable bonds is 5. The molecule has 2 atom stereocenters. The Bertz CT molecular complexity index is 1610. The molecular weight excluding hydrogens is 526 g/mol. The van der Waals surface area contributed by atoms with Gasteiger partial charge in [-0.25, -0.2) is 8.42 Å². The lowest BCUT2D eigenvalue weighted by atomic mass is 10.0. The Morgan fingerprint density at radius 3 is 2.45 bits per heavy atom. The Kier molecular flexibility index (Phi) is 7.11. The molecule has 3 aromatic carbocycles. The minimum atomic E-state index is -3.89. The highest BCUT2D eigenvalue weighted by Crippen LogP contribution is 2.29.